The molecule has 1 aromatic rings. The fraction of sp³-hybridized carbons (Fsp3) is 0.667. The van der Waals surface area contributed by atoms with Crippen LogP contribution in [0.25, 0.3) is 0 Å². The van der Waals surface area contributed by atoms with E-state index in [4.69, 9.17) is 11.0 Å². The summed E-state index contributed by atoms with van der Waals surface area (Å²) in [5, 5.41) is 13.1. The number of rotatable bonds is 6. The van der Waals surface area contributed by atoms with E-state index in [1.807, 2.05) is 24.7 Å². The lowest BCUT2D eigenvalue weighted by Crippen LogP contribution is -2.08. The van der Waals surface area contributed by atoms with Gasteiger partial charge in [-0.15, -0.1) is 0 Å². The zero-order valence-electron chi connectivity index (χ0n) is 10.1. The van der Waals surface area contributed by atoms with Gasteiger partial charge in [0.15, 0.2) is 0 Å². The Morgan fingerprint density at radius 3 is 2.81 bits per heavy atom. The van der Waals surface area contributed by atoms with E-state index in [0.717, 1.165) is 31.4 Å². The summed E-state index contributed by atoms with van der Waals surface area (Å²) in [5.74, 6) is 0. The molecule has 0 saturated heterocycles. The predicted molar refractivity (Wildman–Crippen MR) is 63.4 cm³/mol. The molecule has 1 rings (SSSR count). The van der Waals surface area contributed by atoms with E-state index in [1.165, 1.54) is 0 Å². The van der Waals surface area contributed by atoms with Crippen LogP contribution >= 0.6 is 0 Å². The fourth-order valence-electron chi connectivity index (χ4n) is 1.53. The summed E-state index contributed by atoms with van der Waals surface area (Å²) >= 11 is 0. The lowest BCUT2D eigenvalue weighted by atomic mass is 9.89. The van der Waals surface area contributed by atoms with E-state index in [2.05, 4.69) is 11.2 Å². The average Bonchev–Trinajstić information content (AvgIpc) is 2.72. The maximum Gasteiger partial charge on any atom is 0.0683 e. The molecule has 4 nitrogen and oxygen atoms in total. The van der Waals surface area contributed by atoms with Gasteiger partial charge in [0.2, 0.25) is 0 Å². The minimum absolute atomic E-state index is 0.202. The number of aromatic nitrogens is 2. The van der Waals surface area contributed by atoms with Crippen molar-refractivity contribution in [1.82, 2.24) is 9.78 Å². The van der Waals surface area contributed by atoms with Crippen LogP contribution in [0.2, 0.25) is 0 Å². The van der Waals surface area contributed by atoms with Crippen LogP contribution in [0, 0.1) is 16.7 Å². The second-order valence-electron chi connectivity index (χ2n) is 4.77. The van der Waals surface area contributed by atoms with Crippen molar-refractivity contribution in [3.63, 3.8) is 0 Å². The molecular formula is C12H20N4. The van der Waals surface area contributed by atoms with Gasteiger partial charge < -0.3 is 5.73 Å². The first-order chi connectivity index (χ1) is 7.57. The molecule has 0 saturated carbocycles. The van der Waals surface area contributed by atoms with Crippen molar-refractivity contribution in [2.75, 3.05) is 0 Å². The molecule has 0 aliphatic carbocycles. The molecule has 2 N–H and O–H groups in total. The van der Waals surface area contributed by atoms with Gasteiger partial charge >= 0.3 is 0 Å². The summed E-state index contributed by atoms with van der Waals surface area (Å²) in [6, 6.07) is 2.31. The Hall–Kier alpha value is -1.34. The summed E-state index contributed by atoms with van der Waals surface area (Å²) in [6.07, 6.45) is 6.83. The molecule has 0 radical (unpaired) electrons. The molecule has 1 heterocycles. The van der Waals surface area contributed by atoms with Gasteiger partial charge in [0.25, 0.3) is 0 Å². The first kappa shape index (κ1) is 12.7. The van der Waals surface area contributed by atoms with Gasteiger partial charge in [-0.3, -0.25) is 4.68 Å². The molecule has 0 bridgehead atoms. The maximum absolute atomic E-state index is 8.86. The number of hydrogen-bond donors (Lipinski definition) is 1. The average molecular weight is 220 g/mol. The van der Waals surface area contributed by atoms with Gasteiger partial charge in [0.05, 0.1) is 17.7 Å². The van der Waals surface area contributed by atoms with Crippen LogP contribution in [0.4, 0.5) is 0 Å². The third kappa shape index (κ3) is 4.03. The van der Waals surface area contributed by atoms with E-state index < -0.39 is 0 Å². The molecule has 0 unspecified atom stereocenters. The van der Waals surface area contributed by atoms with Crippen molar-refractivity contribution in [2.45, 2.75) is 46.2 Å². The smallest absolute Gasteiger partial charge is 0.0683 e. The Balaban J connectivity index is 2.24. The van der Waals surface area contributed by atoms with Gasteiger partial charge in [-0.05, 0) is 26.7 Å². The van der Waals surface area contributed by atoms with Gasteiger partial charge in [-0.25, -0.2) is 0 Å². The van der Waals surface area contributed by atoms with Crippen LogP contribution in [-0.4, -0.2) is 9.78 Å². The third-order valence-corrected chi connectivity index (χ3v) is 2.66. The standard InChI is InChI=1S/C12H20N4/c1-12(2,10-14)5-3-4-6-16-9-11(7-13)8-15-16/h8-9H,3-7,13H2,1-2H3. The molecule has 1 aromatic heterocycles. The normalized spacial score (nSPS) is 11.4. The van der Waals surface area contributed by atoms with E-state index in [1.54, 1.807) is 6.20 Å². The van der Waals surface area contributed by atoms with Crippen LogP contribution < -0.4 is 5.73 Å². The van der Waals surface area contributed by atoms with Gasteiger partial charge in [0, 0.05) is 24.8 Å². The van der Waals surface area contributed by atoms with E-state index >= 15 is 0 Å². The Bertz CT molecular complexity index is 359. The van der Waals surface area contributed by atoms with Crippen molar-refractivity contribution in [1.29, 1.82) is 5.26 Å². The number of nitrogens with two attached hydrogens (primary N) is 1. The van der Waals surface area contributed by atoms with Crippen LogP contribution in [0.5, 0.6) is 0 Å². The van der Waals surface area contributed by atoms with Crippen LogP contribution in [-0.2, 0) is 13.1 Å². The molecule has 0 aliphatic rings. The lowest BCUT2D eigenvalue weighted by molar-refractivity contribution is 0.412. The first-order valence-corrected chi connectivity index (χ1v) is 5.70. The van der Waals surface area contributed by atoms with Gasteiger partial charge in [-0.2, -0.15) is 10.4 Å². The van der Waals surface area contributed by atoms with E-state index in [-0.39, 0.29) is 5.41 Å². The second kappa shape index (κ2) is 5.66. The maximum atomic E-state index is 8.86. The van der Waals surface area contributed by atoms with Gasteiger partial charge in [0.1, 0.15) is 0 Å². The highest BCUT2D eigenvalue weighted by atomic mass is 15.3. The Labute approximate surface area is 97.1 Å². The Morgan fingerprint density at radius 2 is 2.25 bits per heavy atom. The molecule has 0 amide bonds. The van der Waals surface area contributed by atoms with Crippen LogP contribution in [0.15, 0.2) is 12.4 Å². The summed E-state index contributed by atoms with van der Waals surface area (Å²) in [4.78, 5) is 0. The van der Waals surface area contributed by atoms with E-state index in [9.17, 15) is 0 Å². The molecule has 0 atom stereocenters. The lowest BCUT2D eigenvalue weighted by Gasteiger charge is -2.14. The minimum atomic E-state index is -0.202. The molecule has 16 heavy (non-hydrogen) atoms. The summed E-state index contributed by atoms with van der Waals surface area (Å²) in [7, 11) is 0. The van der Waals surface area contributed by atoms with Crippen molar-refractivity contribution < 1.29 is 0 Å². The number of hydrogen-bond acceptors (Lipinski definition) is 3. The van der Waals surface area contributed by atoms with E-state index in [0.29, 0.717) is 6.54 Å². The number of aryl methyl sites for hydroxylation is 1. The topological polar surface area (TPSA) is 67.6 Å². The summed E-state index contributed by atoms with van der Waals surface area (Å²) in [6.45, 7) is 5.41. The molecule has 4 heteroatoms. The van der Waals surface area contributed by atoms with Crippen molar-refractivity contribution in [2.24, 2.45) is 11.1 Å². The zero-order valence-corrected chi connectivity index (χ0v) is 10.1. The highest BCUT2D eigenvalue weighted by Crippen LogP contribution is 2.21. The van der Waals surface area contributed by atoms with Crippen molar-refractivity contribution in [3.8, 4) is 6.07 Å². The largest absolute Gasteiger partial charge is 0.326 e. The number of nitrogens with zero attached hydrogens (tertiary/aromatic N) is 3. The highest BCUT2D eigenvalue weighted by molar-refractivity contribution is 5.02. The molecular weight excluding hydrogens is 200 g/mol. The molecule has 0 spiro atoms. The summed E-state index contributed by atoms with van der Waals surface area (Å²) in [5.41, 5.74) is 6.37. The Morgan fingerprint density at radius 1 is 1.50 bits per heavy atom. The molecule has 88 valence electrons. The third-order valence-electron chi connectivity index (χ3n) is 2.66. The second-order valence-corrected chi connectivity index (χ2v) is 4.77. The van der Waals surface area contributed by atoms with Crippen LogP contribution in [0.3, 0.4) is 0 Å². The van der Waals surface area contributed by atoms with Gasteiger partial charge in [-0.1, -0.05) is 6.42 Å². The fourth-order valence-corrected chi connectivity index (χ4v) is 1.53. The summed E-state index contributed by atoms with van der Waals surface area (Å²) < 4.78 is 1.92. The van der Waals surface area contributed by atoms with Crippen molar-refractivity contribution >= 4 is 0 Å². The number of nitriles is 1. The zero-order chi connectivity index (χ0) is 12.0. The SMILES string of the molecule is CC(C)(C#N)CCCCn1cc(CN)cn1. The Kier molecular flexibility index (Phi) is 4.51. The first-order valence-electron chi connectivity index (χ1n) is 5.70. The molecule has 0 aromatic carbocycles. The predicted octanol–water partition coefficient (Wildman–Crippen LogP) is 2.06. The monoisotopic (exact) mass is 220 g/mol. The van der Waals surface area contributed by atoms with Crippen molar-refractivity contribution in [3.05, 3.63) is 18.0 Å². The quantitative estimate of drug-likeness (QED) is 0.746. The van der Waals surface area contributed by atoms with Crippen LogP contribution in [0.1, 0.15) is 38.7 Å². The molecule has 0 fully saturated rings. The molecule has 0 aliphatic heterocycles. The minimum Gasteiger partial charge on any atom is -0.326 e. The number of unbranched alkanes of at least 4 members (excludes halogenated alkanes) is 1. The highest BCUT2D eigenvalue weighted by Gasteiger charge is 2.15.